The van der Waals surface area contributed by atoms with Crippen molar-refractivity contribution >= 4 is 11.8 Å². The summed E-state index contributed by atoms with van der Waals surface area (Å²) in [6.45, 7) is 10.6. The number of amides is 2. The maximum atomic E-state index is 12.6. The number of aromatic nitrogens is 2. The lowest BCUT2D eigenvalue weighted by Crippen LogP contribution is -2.45. The van der Waals surface area contributed by atoms with Gasteiger partial charge in [0.25, 0.3) is 5.91 Å². The highest BCUT2D eigenvalue weighted by atomic mass is 16.2. The van der Waals surface area contributed by atoms with Crippen LogP contribution in [-0.4, -0.2) is 34.2 Å². The van der Waals surface area contributed by atoms with Gasteiger partial charge in [-0.2, -0.15) is 5.10 Å². The molecule has 2 rings (SSSR count). The van der Waals surface area contributed by atoms with Crippen molar-refractivity contribution in [1.82, 2.24) is 20.4 Å². The average Bonchev–Trinajstić information content (AvgIpc) is 2.88. The fourth-order valence-electron chi connectivity index (χ4n) is 2.78. The quantitative estimate of drug-likeness (QED) is 0.800. The molecule has 0 aliphatic heterocycles. The molecule has 6 nitrogen and oxygen atoms in total. The van der Waals surface area contributed by atoms with E-state index in [1.165, 1.54) is 5.56 Å². The molecule has 2 aromatic rings. The van der Waals surface area contributed by atoms with Crippen LogP contribution < -0.4 is 10.6 Å². The Balaban J connectivity index is 2.12. The van der Waals surface area contributed by atoms with Crippen LogP contribution in [0.5, 0.6) is 0 Å². The van der Waals surface area contributed by atoms with E-state index >= 15 is 0 Å². The molecular formula is C20H28N4O2. The standard InChI is InChI=1S/C20H28N4O2/c1-6-11-21-19(25)15(4)22-20(26)18-14(3)23-24(16(18)5)12-17-9-7-13(2)8-10-17/h7-10,15H,6,11-12H2,1-5H3,(H,21,25)(H,22,26). The largest absolute Gasteiger partial charge is 0.354 e. The number of nitrogens with one attached hydrogen (secondary N) is 2. The molecule has 140 valence electrons. The first-order chi connectivity index (χ1) is 12.3. The number of aryl methyl sites for hydroxylation is 2. The zero-order valence-corrected chi connectivity index (χ0v) is 16.2. The number of benzene rings is 1. The van der Waals surface area contributed by atoms with Crippen LogP contribution in [0.4, 0.5) is 0 Å². The minimum atomic E-state index is -0.590. The van der Waals surface area contributed by atoms with Crippen LogP contribution >= 0.6 is 0 Å². The summed E-state index contributed by atoms with van der Waals surface area (Å²) in [4.78, 5) is 24.6. The first-order valence-electron chi connectivity index (χ1n) is 9.01. The van der Waals surface area contributed by atoms with Gasteiger partial charge in [-0.05, 0) is 39.7 Å². The van der Waals surface area contributed by atoms with Crippen LogP contribution in [-0.2, 0) is 11.3 Å². The Morgan fingerprint density at radius 3 is 2.42 bits per heavy atom. The second-order valence-electron chi connectivity index (χ2n) is 6.68. The summed E-state index contributed by atoms with van der Waals surface area (Å²) >= 11 is 0. The number of hydrogen-bond acceptors (Lipinski definition) is 3. The van der Waals surface area contributed by atoms with Crippen molar-refractivity contribution in [2.24, 2.45) is 0 Å². The van der Waals surface area contributed by atoms with Crippen molar-refractivity contribution in [1.29, 1.82) is 0 Å². The number of carbonyl (C=O) groups is 2. The van der Waals surface area contributed by atoms with Gasteiger partial charge in [0.15, 0.2) is 0 Å². The van der Waals surface area contributed by atoms with Crippen LogP contribution in [0.2, 0.25) is 0 Å². The summed E-state index contributed by atoms with van der Waals surface area (Å²) in [6.07, 6.45) is 0.858. The van der Waals surface area contributed by atoms with Crippen LogP contribution in [0.1, 0.15) is 53.1 Å². The van der Waals surface area contributed by atoms with Crippen LogP contribution in [0.15, 0.2) is 24.3 Å². The van der Waals surface area contributed by atoms with E-state index in [1.807, 2.05) is 32.4 Å². The highest BCUT2D eigenvalue weighted by Gasteiger charge is 2.22. The van der Waals surface area contributed by atoms with Crippen LogP contribution in [0.25, 0.3) is 0 Å². The molecule has 0 aliphatic carbocycles. The Bertz CT molecular complexity index is 778. The van der Waals surface area contributed by atoms with E-state index in [-0.39, 0.29) is 11.8 Å². The maximum absolute atomic E-state index is 12.6. The van der Waals surface area contributed by atoms with Crippen molar-refractivity contribution < 1.29 is 9.59 Å². The smallest absolute Gasteiger partial charge is 0.255 e. The summed E-state index contributed by atoms with van der Waals surface area (Å²) in [5.41, 5.74) is 4.32. The van der Waals surface area contributed by atoms with E-state index < -0.39 is 6.04 Å². The predicted molar refractivity (Wildman–Crippen MR) is 102 cm³/mol. The molecule has 1 aromatic carbocycles. The lowest BCUT2D eigenvalue weighted by Gasteiger charge is -2.14. The highest BCUT2D eigenvalue weighted by molar-refractivity contribution is 5.99. The van der Waals surface area contributed by atoms with Crippen molar-refractivity contribution in [3.05, 3.63) is 52.3 Å². The van der Waals surface area contributed by atoms with Gasteiger partial charge in [0.1, 0.15) is 6.04 Å². The van der Waals surface area contributed by atoms with Crippen molar-refractivity contribution in [3.8, 4) is 0 Å². The van der Waals surface area contributed by atoms with E-state index in [0.29, 0.717) is 24.3 Å². The Hall–Kier alpha value is -2.63. The number of carbonyl (C=O) groups excluding carboxylic acids is 2. The molecule has 0 radical (unpaired) electrons. The average molecular weight is 356 g/mol. The molecule has 0 bridgehead atoms. The van der Waals surface area contributed by atoms with Gasteiger partial charge >= 0.3 is 0 Å². The van der Waals surface area contributed by atoms with E-state index in [9.17, 15) is 9.59 Å². The van der Waals surface area contributed by atoms with Gasteiger partial charge in [0.05, 0.1) is 17.8 Å². The van der Waals surface area contributed by atoms with Crippen molar-refractivity contribution in [2.75, 3.05) is 6.54 Å². The topological polar surface area (TPSA) is 76.0 Å². The molecule has 1 heterocycles. The second-order valence-corrected chi connectivity index (χ2v) is 6.68. The first-order valence-corrected chi connectivity index (χ1v) is 9.01. The summed E-state index contributed by atoms with van der Waals surface area (Å²) in [6, 6.07) is 7.65. The molecule has 1 unspecified atom stereocenters. The van der Waals surface area contributed by atoms with Gasteiger partial charge in [-0.3, -0.25) is 14.3 Å². The highest BCUT2D eigenvalue weighted by Crippen LogP contribution is 2.15. The molecule has 2 amide bonds. The third-order valence-electron chi connectivity index (χ3n) is 4.35. The molecule has 0 fully saturated rings. The van der Waals surface area contributed by atoms with Gasteiger partial charge in [-0.1, -0.05) is 36.8 Å². The third kappa shape index (κ3) is 4.71. The summed E-state index contributed by atoms with van der Waals surface area (Å²) in [5, 5.41) is 10.1. The summed E-state index contributed by atoms with van der Waals surface area (Å²) in [7, 11) is 0. The lowest BCUT2D eigenvalue weighted by molar-refractivity contribution is -0.122. The molecule has 1 aromatic heterocycles. The molecular weight excluding hydrogens is 328 g/mol. The fourth-order valence-corrected chi connectivity index (χ4v) is 2.78. The van der Waals surface area contributed by atoms with E-state index in [2.05, 4.69) is 40.0 Å². The van der Waals surface area contributed by atoms with Crippen LogP contribution in [0, 0.1) is 20.8 Å². The van der Waals surface area contributed by atoms with Gasteiger partial charge in [-0.15, -0.1) is 0 Å². The molecule has 1 atom stereocenters. The molecule has 0 saturated carbocycles. The zero-order chi connectivity index (χ0) is 19.3. The molecule has 0 aliphatic rings. The van der Waals surface area contributed by atoms with Crippen LogP contribution in [0.3, 0.4) is 0 Å². The first kappa shape index (κ1) is 19.7. The summed E-state index contributed by atoms with van der Waals surface area (Å²) < 4.78 is 1.83. The Kier molecular flexibility index (Phi) is 6.55. The SMILES string of the molecule is CCCNC(=O)C(C)NC(=O)c1c(C)nn(Cc2ccc(C)cc2)c1C. The molecule has 26 heavy (non-hydrogen) atoms. The maximum Gasteiger partial charge on any atom is 0.255 e. The molecule has 0 saturated heterocycles. The fraction of sp³-hybridized carbons (Fsp3) is 0.450. The Morgan fingerprint density at radius 2 is 1.81 bits per heavy atom. The third-order valence-corrected chi connectivity index (χ3v) is 4.35. The van der Waals surface area contributed by atoms with Gasteiger partial charge < -0.3 is 10.6 Å². The second kappa shape index (κ2) is 8.65. The predicted octanol–water partition coefficient (Wildman–Crippen LogP) is 2.50. The molecule has 2 N–H and O–H groups in total. The number of rotatable bonds is 7. The van der Waals surface area contributed by atoms with E-state index in [0.717, 1.165) is 17.7 Å². The zero-order valence-electron chi connectivity index (χ0n) is 16.2. The minimum absolute atomic E-state index is 0.178. The normalized spacial score (nSPS) is 11.9. The van der Waals surface area contributed by atoms with Gasteiger partial charge in [0.2, 0.25) is 5.91 Å². The van der Waals surface area contributed by atoms with Crippen molar-refractivity contribution in [3.63, 3.8) is 0 Å². The number of nitrogens with zero attached hydrogens (tertiary/aromatic N) is 2. The molecule has 0 spiro atoms. The van der Waals surface area contributed by atoms with E-state index in [1.54, 1.807) is 6.92 Å². The Labute approximate surface area is 155 Å². The minimum Gasteiger partial charge on any atom is -0.354 e. The van der Waals surface area contributed by atoms with Gasteiger partial charge in [-0.25, -0.2) is 0 Å². The van der Waals surface area contributed by atoms with Crippen molar-refractivity contribution in [2.45, 2.75) is 53.6 Å². The lowest BCUT2D eigenvalue weighted by atomic mass is 10.1. The number of hydrogen-bond donors (Lipinski definition) is 2. The van der Waals surface area contributed by atoms with E-state index in [4.69, 9.17) is 0 Å². The monoisotopic (exact) mass is 356 g/mol. The Morgan fingerprint density at radius 1 is 1.15 bits per heavy atom. The summed E-state index contributed by atoms with van der Waals surface area (Å²) in [5.74, 6) is -0.447. The van der Waals surface area contributed by atoms with Gasteiger partial charge in [0, 0.05) is 12.2 Å². The molecule has 6 heteroatoms.